The van der Waals surface area contributed by atoms with Crippen molar-refractivity contribution in [3.63, 3.8) is 0 Å². The molecule has 1 amide bonds. The molecule has 0 aliphatic heterocycles. The van der Waals surface area contributed by atoms with Crippen molar-refractivity contribution >= 4 is 49.5 Å². The molecular formula is C26H19Br2FN2O2. The molecule has 3 rings (SSSR count). The number of allylic oxidation sites excluding steroid dienone is 1. The number of halogens is 3. The van der Waals surface area contributed by atoms with Crippen LogP contribution in [0.15, 0.2) is 87.8 Å². The van der Waals surface area contributed by atoms with Gasteiger partial charge in [-0.15, -0.1) is 6.58 Å². The van der Waals surface area contributed by atoms with Gasteiger partial charge in [-0.1, -0.05) is 46.3 Å². The van der Waals surface area contributed by atoms with E-state index in [1.165, 1.54) is 12.1 Å². The first-order chi connectivity index (χ1) is 15.9. The lowest BCUT2D eigenvalue weighted by atomic mass is 10.0. The van der Waals surface area contributed by atoms with E-state index in [2.05, 4.69) is 43.8 Å². The smallest absolute Gasteiger partial charge is 0.266 e. The van der Waals surface area contributed by atoms with Gasteiger partial charge in [0, 0.05) is 15.7 Å². The number of nitrogens with zero attached hydrogens (tertiary/aromatic N) is 1. The summed E-state index contributed by atoms with van der Waals surface area (Å²) in [5, 5.41) is 12.3. The van der Waals surface area contributed by atoms with Gasteiger partial charge >= 0.3 is 0 Å². The van der Waals surface area contributed by atoms with Crippen LogP contribution in [0.5, 0.6) is 5.75 Å². The monoisotopic (exact) mass is 568 g/mol. The second kappa shape index (κ2) is 11.6. The van der Waals surface area contributed by atoms with Crippen LogP contribution in [0.25, 0.3) is 6.08 Å². The van der Waals surface area contributed by atoms with Crippen molar-refractivity contribution in [2.45, 2.75) is 13.0 Å². The Morgan fingerprint density at radius 2 is 1.91 bits per heavy atom. The summed E-state index contributed by atoms with van der Waals surface area (Å²) in [5.74, 6) is -0.308. The van der Waals surface area contributed by atoms with Crippen molar-refractivity contribution in [3.8, 4) is 11.8 Å². The molecule has 0 aliphatic carbocycles. The highest BCUT2D eigenvalue weighted by atomic mass is 79.9. The molecule has 0 bridgehead atoms. The summed E-state index contributed by atoms with van der Waals surface area (Å²) in [4.78, 5) is 12.6. The minimum Gasteiger partial charge on any atom is -0.487 e. The van der Waals surface area contributed by atoms with Crippen molar-refractivity contribution < 1.29 is 13.9 Å². The molecule has 1 N–H and O–H groups in total. The Balaban J connectivity index is 1.86. The first kappa shape index (κ1) is 24.4. The molecule has 0 aliphatic rings. The number of anilines is 1. The number of carbonyl (C=O) groups is 1. The fourth-order valence-corrected chi connectivity index (χ4v) is 4.10. The predicted octanol–water partition coefficient (Wildman–Crippen LogP) is 7.20. The number of hydrogen-bond acceptors (Lipinski definition) is 3. The van der Waals surface area contributed by atoms with Gasteiger partial charge in [0.1, 0.15) is 29.8 Å². The molecule has 3 aromatic carbocycles. The molecule has 0 atom stereocenters. The molecule has 4 nitrogen and oxygen atoms in total. The standard InChI is InChI=1S/C26H19Br2FN2O2/c1-2-6-18-11-17(12-20(15-30)26(32)31-22-9-5-8-21(27)14-22)13-23(28)25(18)33-16-19-7-3-4-10-24(19)29/h2-5,7-14H,1,6,16H2,(H,31,32)/b20-12-. The molecule has 0 saturated heterocycles. The van der Waals surface area contributed by atoms with E-state index >= 15 is 0 Å². The van der Waals surface area contributed by atoms with Crippen LogP contribution in [0.3, 0.4) is 0 Å². The SMILES string of the molecule is C=CCc1cc(/C=C(/C#N)C(=O)Nc2cccc(Br)c2)cc(Br)c1OCc1ccccc1F. The second-order valence-electron chi connectivity index (χ2n) is 7.00. The molecule has 0 heterocycles. The van der Waals surface area contributed by atoms with Gasteiger partial charge in [-0.05, 0) is 76.0 Å². The molecule has 166 valence electrons. The van der Waals surface area contributed by atoms with Crippen molar-refractivity contribution in [1.29, 1.82) is 5.26 Å². The maximum absolute atomic E-state index is 14.0. The summed E-state index contributed by atoms with van der Waals surface area (Å²) in [6, 6.07) is 19.0. The Labute approximate surface area is 208 Å². The zero-order chi connectivity index (χ0) is 23.8. The van der Waals surface area contributed by atoms with Gasteiger partial charge in [0.15, 0.2) is 0 Å². The van der Waals surface area contributed by atoms with E-state index in [1.807, 2.05) is 18.2 Å². The minimum absolute atomic E-state index is 0.0496. The molecular weight excluding hydrogens is 551 g/mol. The van der Waals surface area contributed by atoms with Crippen molar-refractivity contribution in [3.05, 3.63) is 110 Å². The predicted molar refractivity (Wildman–Crippen MR) is 135 cm³/mol. The van der Waals surface area contributed by atoms with Gasteiger partial charge in [-0.25, -0.2) is 4.39 Å². The molecule has 0 aromatic heterocycles. The number of hydrogen-bond donors (Lipinski definition) is 1. The number of ether oxygens (including phenoxy) is 1. The second-order valence-corrected chi connectivity index (χ2v) is 8.77. The maximum atomic E-state index is 14.0. The quantitative estimate of drug-likeness (QED) is 0.177. The molecule has 0 radical (unpaired) electrons. The van der Waals surface area contributed by atoms with E-state index in [-0.39, 0.29) is 18.0 Å². The molecule has 3 aromatic rings. The van der Waals surface area contributed by atoms with E-state index in [1.54, 1.807) is 48.5 Å². The molecule has 33 heavy (non-hydrogen) atoms. The average Bonchev–Trinajstić information content (AvgIpc) is 2.78. The molecule has 0 fully saturated rings. The highest BCUT2D eigenvalue weighted by Gasteiger charge is 2.14. The highest BCUT2D eigenvalue weighted by molar-refractivity contribution is 9.10. The Morgan fingerprint density at radius 3 is 2.61 bits per heavy atom. The van der Waals surface area contributed by atoms with Crippen LogP contribution in [0, 0.1) is 17.1 Å². The lowest BCUT2D eigenvalue weighted by molar-refractivity contribution is -0.112. The number of amides is 1. The Kier molecular flexibility index (Phi) is 8.58. The summed E-state index contributed by atoms with van der Waals surface area (Å²) in [7, 11) is 0. The Morgan fingerprint density at radius 1 is 1.12 bits per heavy atom. The summed E-state index contributed by atoms with van der Waals surface area (Å²) in [5.41, 5.74) is 2.38. The van der Waals surface area contributed by atoms with Crippen LogP contribution in [0.2, 0.25) is 0 Å². The van der Waals surface area contributed by atoms with Crippen LogP contribution >= 0.6 is 31.9 Å². The number of carbonyl (C=O) groups excluding carboxylic acids is 1. The maximum Gasteiger partial charge on any atom is 0.266 e. The number of nitrogens with one attached hydrogen (secondary N) is 1. The summed E-state index contributed by atoms with van der Waals surface area (Å²) in [6.45, 7) is 3.84. The van der Waals surface area contributed by atoms with Gasteiger partial charge in [-0.2, -0.15) is 5.26 Å². The van der Waals surface area contributed by atoms with Crippen LogP contribution in [-0.4, -0.2) is 5.91 Å². The first-order valence-electron chi connectivity index (χ1n) is 9.89. The van der Waals surface area contributed by atoms with Crippen LogP contribution in [0.1, 0.15) is 16.7 Å². The topological polar surface area (TPSA) is 62.1 Å². The Hall–Kier alpha value is -3.21. The fourth-order valence-electron chi connectivity index (χ4n) is 3.07. The normalized spacial score (nSPS) is 10.9. The van der Waals surface area contributed by atoms with Crippen LogP contribution in [0.4, 0.5) is 10.1 Å². The minimum atomic E-state index is -0.517. The van der Waals surface area contributed by atoms with Gasteiger partial charge in [-0.3, -0.25) is 4.79 Å². The summed E-state index contributed by atoms with van der Waals surface area (Å²) < 4.78 is 21.3. The molecule has 0 spiro atoms. The number of benzene rings is 3. The third-order valence-corrected chi connectivity index (χ3v) is 5.68. The lowest BCUT2D eigenvalue weighted by Crippen LogP contribution is -2.13. The van der Waals surface area contributed by atoms with E-state index in [4.69, 9.17) is 4.74 Å². The van der Waals surface area contributed by atoms with Crippen molar-refractivity contribution in [2.24, 2.45) is 0 Å². The molecule has 7 heteroatoms. The number of rotatable bonds is 8. The zero-order valence-electron chi connectivity index (χ0n) is 17.4. The first-order valence-corrected chi connectivity index (χ1v) is 11.5. The van der Waals surface area contributed by atoms with E-state index in [0.29, 0.717) is 33.5 Å². The van der Waals surface area contributed by atoms with E-state index in [0.717, 1.165) is 10.0 Å². The third kappa shape index (κ3) is 6.64. The average molecular weight is 570 g/mol. The highest BCUT2D eigenvalue weighted by Crippen LogP contribution is 2.33. The van der Waals surface area contributed by atoms with Crippen LogP contribution in [-0.2, 0) is 17.8 Å². The zero-order valence-corrected chi connectivity index (χ0v) is 20.6. The Bertz CT molecular complexity index is 1270. The molecule has 0 unspecified atom stereocenters. The van der Waals surface area contributed by atoms with Gasteiger partial charge in [0.05, 0.1) is 4.47 Å². The largest absolute Gasteiger partial charge is 0.487 e. The van der Waals surface area contributed by atoms with Gasteiger partial charge in [0.2, 0.25) is 0 Å². The molecule has 0 saturated carbocycles. The lowest BCUT2D eigenvalue weighted by Gasteiger charge is -2.14. The third-order valence-electron chi connectivity index (χ3n) is 4.60. The van der Waals surface area contributed by atoms with Gasteiger partial charge in [0.25, 0.3) is 5.91 Å². The van der Waals surface area contributed by atoms with Gasteiger partial charge < -0.3 is 10.1 Å². The summed E-state index contributed by atoms with van der Waals surface area (Å²) in [6.07, 6.45) is 3.71. The van der Waals surface area contributed by atoms with Crippen LogP contribution < -0.4 is 10.1 Å². The van der Waals surface area contributed by atoms with E-state index in [9.17, 15) is 14.4 Å². The van der Waals surface area contributed by atoms with Crippen molar-refractivity contribution in [2.75, 3.05) is 5.32 Å². The fraction of sp³-hybridized carbons (Fsp3) is 0.0769. The number of nitriles is 1. The van der Waals surface area contributed by atoms with E-state index < -0.39 is 5.91 Å². The summed E-state index contributed by atoms with van der Waals surface area (Å²) >= 11 is 6.85. The van der Waals surface area contributed by atoms with Crippen molar-refractivity contribution in [1.82, 2.24) is 0 Å².